The second kappa shape index (κ2) is 7.00. The Morgan fingerprint density at radius 3 is 2.71 bits per heavy atom. The van der Waals surface area contributed by atoms with Crippen LogP contribution in [0.15, 0.2) is 10.7 Å². The molecule has 0 bridgehead atoms. The molecule has 114 valence electrons. The lowest BCUT2D eigenvalue weighted by molar-refractivity contribution is 0.181. The van der Waals surface area contributed by atoms with Gasteiger partial charge in [-0.25, -0.2) is 9.97 Å². The fraction of sp³-hybridized carbons (Fsp3) is 0.500. The van der Waals surface area contributed by atoms with E-state index in [-0.39, 0.29) is 0 Å². The van der Waals surface area contributed by atoms with Crippen molar-refractivity contribution in [2.75, 3.05) is 19.0 Å². The number of anilines is 1. The van der Waals surface area contributed by atoms with Gasteiger partial charge in [0.1, 0.15) is 5.82 Å². The highest BCUT2D eigenvalue weighted by Gasteiger charge is 2.16. The van der Waals surface area contributed by atoms with Gasteiger partial charge in [-0.15, -0.1) is 0 Å². The molecule has 0 saturated heterocycles. The van der Waals surface area contributed by atoms with Gasteiger partial charge in [-0.1, -0.05) is 6.92 Å². The van der Waals surface area contributed by atoms with Crippen molar-refractivity contribution in [1.29, 1.82) is 0 Å². The molecule has 21 heavy (non-hydrogen) atoms. The lowest BCUT2D eigenvalue weighted by atomic mass is 10.2. The molecule has 0 aliphatic heterocycles. The molecule has 0 saturated carbocycles. The number of aromatic nitrogens is 4. The van der Waals surface area contributed by atoms with E-state index >= 15 is 0 Å². The number of methoxy groups -OCH3 is 1. The van der Waals surface area contributed by atoms with Crippen LogP contribution in [0.25, 0.3) is 11.4 Å². The van der Waals surface area contributed by atoms with Crippen molar-refractivity contribution in [3.8, 4) is 11.4 Å². The molecule has 2 heterocycles. The third-order valence-corrected chi connectivity index (χ3v) is 3.83. The molecule has 0 atom stereocenters. The first-order valence-electron chi connectivity index (χ1n) is 6.86. The molecule has 0 amide bonds. The average molecular weight is 354 g/mol. The third kappa shape index (κ3) is 3.59. The fourth-order valence-electron chi connectivity index (χ4n) is 2.03. The van der Waals surface area contributed by atoms with Crippen LogP contribution in [0.3, 0.4) is 0 Å². The van der Waals surface area contributed by atoms with E-state index in [2.05, 4.69) is 43.2 Å². The fourth-order valence-corrected chi connectivity index (χ4v) is 2.46. The van der Waals surface area contributed by atoms with Crippen molar-refractivity contribution in [2.24, 2.45) is 7.05 Å². The quantitative estimate of drug-likeness (QED) is 0.864. The van der Waals surface area contributed by atoms with Gasteiger partial charge in [0.2, 0.25) is 0 Å². The highest BCUT2D eigenvalue weighted by Crippen LogP contribution is 2.28. The summed E-state index contributed by atoms with van der Waals surface area (Å²) in [5.41, 5.74) is 2.66. The minimum atomic E-state index is 0.427. The highest BCUT2D eigenvalue weighted by molar-refractivity contribution is 9.10. The van der Waals surface area contributed by atoms with Crippen LogP contribution in [0.1, 0.15) is 24.7 Å². The molecule has 0 aliphatic rings. The number of ether oxygens (including phenoxy) is 1. The Bertz CT molecular complexity index is 626. The topological polar surface area (TPSA) is 64.9 Å². The van der Waals surface area contributed by atoms with Gasteiger partial charge in [-0.2, -0.15) is 5.10 Å². The first-order valence-corrected chi connectivity index (χ1v) is 7.66. The molecule has 2 rings (SSSR count). The van der Waals surface area contributed by atoms with Crippen molar-refractivity contribution >= 4 is 21.7 Å². The number of hydrogen-bond acceptors (Lipinski definition) is 5. The van der Waals surface area contributed by atoms with Gasteiger partial charge in [0.15, 0.2) is 5.82 Å². The first kappa shape index (κ1) is 15.9. The number of hydrogen-bond donors (Lipinski definition) is 1. The highest BCUT2D eigenvalue weighted by atomic mass is 79.9. The van der Waals surface area contributed by atoms with Crippen molar-refractivity contribution in [3.63, 3.8) is 0 Å². The Morgan fingerprint density at radius 2 is 2.14 bits per heavy atom. The second-order valence-corrected chi connectivity index (χ2v) is 5.61. The van der Waals surface area contributed by atoms with E-state index in [0.717, 1.165) is 40.2 Å². The molecule has 1 N–H and O–H groups in total. The van der Waals surface area contributed by atoms with E-state index in [1.807, 2.05) is 20.2 Å². The van der Waals surface area contributed by atoms with E-state index < -0.39 is 0 Å². The molecule has 2 aromatic heterocycles. The molecule has 2 aromatic rings. The number of nitrogens with one attached hydrogen (secondary N) is 1. The molecule has 0 spiro atoms. The molecule has 7 heteroatoms. The zero-order valence-corrected chi connectivity index (χ0v) is 14.4. The predicted molar refractivity (Wildman–Crippen MR) is 86.2 cm³/mol. The number of nitrogens with zero attached hydrogens (tertiary/aromatic N) is 4. The molecule has 0 unspecified atom stereocenters. The number of aryl methyl sites for hydroxylation is 2. The summed E-state index contributed by atoms with van der Waals surface area (Å²) in [5.74, 6) is 1.45. The zero-order chi connectivity index (χ0) is 15.4. The smallest absolute Gasteiger partial charge is 0.165 e. The number of rotatable bonds is 6. The van der Waals surface area contributed by atoms with E-state index in [4.69, 9.17) is 4.74 Å². The predicted octanol–water partition coefficient (Wildman–Crippen LogP) is 2.92. The zero-order valence-electron chi connectivity index (χ0n) is 12.8. The maximum absolute atomic E-state index is 5.23. The summed E-state index contributed by atoms with van der Waals surface area (Å²) in [6.07, 6.45) is 2.95. The Balaban J connectivity index is 2.50. The van der Waals surface area contributed by atoms with Crippen LogP contribution in [-0.4, -0.2) is 33.4 Å². The minimum Gasteiger partial charge on any atom is -0.378 e. The average Bonchev–Trinajstić information content (AvgIpc) is 2.79. The molecule has 0 aliphatic carbocycles. The van der Waals surface area contributed by atoms with Crippen LogP contribution in [0, 0.1) is 6.92 Å². The van der Waals surface area contributed by atoms with Crippen molar-refractivity contribution in [1.82, 2.24) is 19.7 Å². The van der Waals surface area contributed by atoms with Crippen LogP contribution in [0.2, 0.25) is 0 Å². The third-order valence-electron chi connectivity index (χ3n) is 3.00. The van der Waals surface area contributed by atoms with Gasteiger partial charge < -0.3 is 10.1 Å². The van der Waals surface area contributed by atoms with E-state index in [9.17, 15) is 0 Å². The lowest BCUT2D eigenvalue weighted by Crippen LogP contribution is -2.08. The van der Waals surface area contributed by atoms with E-state index in [1.165, 1.54) is 0 Å². The van der Waals surface area contributed by atoms with Crippen LogP contribution in [-0.2, 0) is 18.4 Å². The van der Waals surface area contributed by atoms with Gasteiger partial charge in [0, 0.05) is 26.9 Å². The molecular weight excluding hydrogens is 334 g/mol. The summed E-state index contributed by atoms with van der Waals surface area (Å²) >= 11 is 3.55. The summed E-state index contributed by atoms with van der Waals surface area (Å²) in [5, 5.41) is 7.67. The standard InChI is InChI=1S/C14H20BrN5O/c1-5-6-16-14-12(15)11(8-21-4)17-13(18-14)10-7-20(3)19-9(10)2/h7H,5-6,8H2,1-4H3,(H,16,17,18). The SMILES string of the molecule is CCCNc1nc(-c2cn(C)nc2C)nc(COC)c1Br. The van der Waals surface area contributed by atoms with Crippen molar-refractivity contribution < 1.29 is 4.74 Å². The molecule has 0 radical (unpaired) electrons. The Morgan fingerprint density at radius 1 is 1.38 bits per heavy atom. The normalized spacial score (nSPS) is 10.9. The summed E-state index contributed by atoms with van der Waals surface area (Å²) in [6, 6.07) is 0. The summed E-state index contributed by atoms with van der Waals surface area (Å²) in [7, 11) is 3.55. The Kier molecular flexibility index (Phi) is 5.30. The van der Waals surface area contributed by atoms with Gasteiger partial charge in [-0.05, 0) is 29.3 Å². The summed E-state index contributed by atoms with van der Waals surface area (Å²) < 4.78 is 7.84. The Labute approximate surface area is 133 Å². The number of halogens is 1. The molecule has 6 nitrogen and oxygen atoms in total. The maximum Gasteiger partial charge on any atom is 0.165 e. The molecule has 0 fully saturated rings. The van der Waals surface area contributed by atoms with Crippen molar-refractivity contribution in [3.05, 3.63) is 22.1 Å². The molecule has 0 aromatic carbocycles. The van der Waals surface area contributed by atoms with Crippen LogP contribution >= 0.6 is 15.9 Å². The Hall–Kier alpha value is -1.47. The largest absolute Gasteiger partial charge is 0.378 e. The van der Waals surface area contributed by atoms with Gasteiger partial charge in [0.05, 0.1) is 28.0 Å². The lowest BCUT2D eigenvalue weighted by Gasteiger charge is -2.12. The van der Waals surface area contributed by atoms with Gasteiger partial charge in [0.25, 0.3) is 0 Å². The van der Waals surface area contributed by atoms with E-state index in [0.29, 0.717) is 12.4 Å². The summed E-state index contributed by atoms with van der Waals surface area (Å²) in [4.78, 5) is 9.22. The second-order valence-electron chi connectivity index (χ2n) is 4.82. The van der Waals surface area contributed by atoms with Gasteiger partial charge in [-0.3, -0.25) is 4.68 Å². The summed E-state index contributed by atoms with van der Waals surface area (Å²) in [6.45, 7) is 5.35. The van der Waals surface area contributed by atoms with Crippen LogP contribution in [0.5, 0.6) is 0 Å². The van der Waals surface area contributed by atoms with Gasteiger partial charge >= 0.3 is 0 Å². The monoisotopic (exact) mass is 353 g/mol. The van der Waals surface area contributed by atoms with E-state index in [1.54, 1.807) is 11.8 Å². The maximum atomic E-state index is 5.23. The van der Waals surface area contributed by atoms with Crippen LogP contribution < -0.4 is 5.32 Å². The minimum absolute atomic E-state index is 0.427. The molecular formula is C14H20BrN5O. The van der Waals surface area contributed by atoms with Crippen LogP contribution in [0.4, 0.5) is 5.82 Å². The van der Waals surface area contributed by atoms with Crippen molar-refractivity contribution in [2.45, 2.75) is 26.9 Å². The first-order chi connectivity index (χ1) is 10.1.